The number of benzene rings is 1. The van der Waals surface area contributed by atoms with E-state index in [9.17, 15) is 4.79 Å². The summed E-state index contributed by atoms with van der Waals surface area (Å²) in [4.78, 5) is 27.5. The number of amides is 1. The van der Waals surface area contributed by atoms with Crippen LogP contribution in [-0.2, 0) is 4.74 Å². The topological polar surface area (TPSA) is 73.8 Å². The van der Waals surface area contributed by atoms with E-state index in [1.54, 1.807) is 17.3 Å². The molecule has 0 spiro atoms. The summed E-state index contributed by atoms with van der Waals surface area (Å²) in [6, 6.07) is 8.29. The van der Waals surface area contributed by atoms with E-state index in [-0.39, 0.29) is 5.91 Å². The highest BCUT2D eigenvalue weighted by atomic mass is 16.5. The van der Waals surface area contributed by atoms with Crippen LogP contribution in [0.3, 0.4) is 0 Å². The third-order valence-electron chi connectivity index (χ3n) is 5.19. The predicted octanol–water partition coefficient (Wildman–Crippen LogP) is 1.44. The van der Waals surface area contributed by atoms with Gasteiger partial charge in [-0.05, 0) is 31.3 Å². The maximum absolute atomic E-state index is 12.4. The van der Waals surface area contributed by atoms with Crippen LogP contribution in [0.2, 0.25) is 0 Å². The molecule has 8 nitrogen and oxygen atoms in total. The van der Waals surface area contributed by atoms with Gasteiger partial charge in [0.1, 0.15) is 0 Å². The molecule has 1 aromatic heterocycles. The van der Waals surface area contributed by atoms with Crippen LogP contribution in [0.5, 0.6) is 0 Å². The van der Waals surface area contributed by atoms with Gasteiger partial charge in [0.15, 0.2) is 0 Å². The first-order valence-electron chi connectivity index (χ1n) is 9.69. The maximum atomic E-state index is 12.4. The van der Waals surface area contributed by atoms with Crippen molar-refractivity contribution >= 4 is 23.2 Å². The number of morpholine rings is 1. The van der Waals surface area contributed by atoms with Gasteiger partial charge in [-0.25, -0.2) is 9.97 Å². The van der Waals surface area contributed by atoms with Crippen molar-refractivity contribution in [2.75, 3.05) is 69.7 Å². The summed E-state index contributed by atoms with van der Waals surface area (Å²) >= 11 is 0. The van der Waals surface area contributed by atoms with Gasteiger partial charge in [-0.3, -0.25) is 4.79 Å². The van der Waals surface area contributed by atoms with Crippen molar-refractivity contribution in [2.24, 2.45) is 0 Å². The van der Waals surface area contributed by atoms with Crippen molar-refractivity contribution in [3.63, 3.8) is 0 Å². The lowest BCUT2D eigenvalue weighted by atomic mass is 10.2. The second-order valence-electron chi connectivity index (χ2n) is 7.16. The van der Waals surface area contributed by atoms with E-state index in [1.807, 2.05) is 12.1 Å². The van der Waals surface area contributed by atoms with Gasteiger partial charge in [-0.1, -0.05) is 0 Å². The molecule has 1 aromatic carbocycles. The van der Waals surface area contributed by atoms with Crippen molar-refractivity contribution in [1.82, 2.24) is 19.8 Å². The third-order valence-corrected chi connectivity index (χ3v) is 5.19. The molecular formula is C20H26N6O2. The largest absolute Gasteiger partial charge is 0.378 e. The van der Waals surface area contributed by atoms with E-state index < -0.39 is 0 Å². The van der Waals surface area contributed by atoms with E-state index in [0.717, 1.165) is 31.9 Å². The Labute approximate surface area is 165 Å². The van der Waals surface area contributed by atoms with Crippen molar-refractivity contribution < 1.29 is 9.53 Å². The third kappa shape index (κ3) is 4.40. The maximum Gasteiger partial charge on any atom is 0.257 e. The number of ether oxygens (including phenoxy) is 1. The zero-order chi connectivity index (χ0) is 19.3. The SMILES string of the molecule is CN1CCN(c2ccc(Nc3ncc(C(=O)N4CCOCC4)cn3)cc2)CC1. The number of nitrogens with one attached hydrogen (secondary N) is 1. The molecule has 2 aliphatic rings. The molecule has 4 rings (SSSR count). The number of carbonyl (C=O) groups is 1. The molecule has 2 aliphatic heterocycles. The van der Waals surface area contributed by atoms with E-state index >= 15 is 0 Å². The number of hydrogen-bond acceptors (Lipinski definition) is 7. The summed E-state index contributed by atoms with van der Waals surface area (Å²) in [5, 5.41) is 3.19. The van der Waals surface area contributed by atoms with Gasteiger partial charge in [0, 0.05) is 63.0 Å². The molecule has 0 radical (unpaired) electrons. The fourth-order valence-corrected chi connectivity index (χ4v) is 3.40. The minimum Gasteiger partial charge on any atom is -0.378 e. The Morgan fingerprint density at radius 1 is 0.964 bits per heavy atom. The van der Waals surface area contributed by atoms with Crippen LogP contribution in [0.4, 0.5) is 17.3 Å². The van der Waals surface area contributed by atoms with Crippen molar-refractivity contribution in [1.29, 1.82) is 0 Å². The van der Waals surface area contributed by atoms with Gasteiger partial charge in [0.05, 0.1) is 18.8 Å². The number of likely N-dealkylation sites (N-methyl/N-ethyl adjacent to an activating group) is 1. The summed E-state index contributed by atoms with van der Waals surface area (Å²) in [5.74, 6) is 0.428. The molecule has 1 amide bonds. The number of hydrogen-bond donors (Lipinski definition) is 1. The number of carbonyl (C=O) groups excluding carboxylic acids is 1. The monoisotopic (exact) mass is 382 g/mol. The Morgan fingerprint density at radius 2 is 1.61 bits per heavy atom. The minimum atomic E-state index is -0.0496. The number of piperazine rings is 1. The molecular weight excluding hydrogens is 356 g/mol. The van der Waals surface area contributed by atoms with Crippen LogP contribution in [0, 0.1) is 0 Å². The molecule has 0 saturated carbocycles. The van der Waals surface area contributed by atoms with Gasteiger partial charge >= 0.3 is 0 Å². The highest BCUT2D eigenvalue weighted by molar-refractivity contribution is 5.93. The summed E-state index contributed by atoms with van der Waals surface area (Å²) in [6.45, 7) is 6.65. The summed E-state index contributed by atoms with van der Waals surface area (Å²) in [6.07, 6.45) is 3.15. The van der Waals surface area contributed by atoms with E-state index in [1.165, 1.54) is 5.69 Å². The van der Waals surface area contributed by atoms with E-state index in [2.05, 4.69) is 44.3 Å². The van der Waals surface area contributed by atoms with E-state index in [0.29, 0.717) is 37.8 Å². The molecule has 2 saturated heterocycles. The second kappa shape index (κ2) is 8.53. The van der Waals surface area contributed by atoms with Gasteiger partial charge in [0.2, 0.25) is 5.95 Å². The van der Waals surface area contributed by atoms with Crippen LogP contribution in [0.25, 0.3) is 0 Å². The first kappa shape index (κ1) is 18.6. The lowest BCUT2D eigenvalue weighted by Gasteiger charge is -2.34. The van der Waals surface area contributed by atoms with Crippen LogP contribution < -0.4 is 10.2 Å². The number of rotatable bonds is 4. The molecule has 3 heterocycles. The zero-order valence-corrected chi connectivity index (χ0v) is 16.2. The standard InChI is InChI=1S/C20H26N6O2/c1-24-6-8-25(9-7-24)18-4-2-17(3-5-18)23-20-21-14-16(15-22-20)19(27)26-10-12-28-13-11-26/h2-5,14-15H,6-13H2,1H3,(H,21,22,23). The molecule has 8 heteroatoms. The predicted molar refractivity (Wildman–Crippen MR) is 108 cm³/mol. The summed E-state index contributed by atoms with van der Waals surface area (Å²) in [7, 11) is 2.16. The smallest absolute Gasteiger partial charge is 0.257 e. The molecule has 0 bridgehead atoms. The van der Waals surface area contributed by atoms with Gasteiger partial charge in [-0.2, -0.15) is 0 Å². The second-order valence-corrected chi connectivity index (χ2v) is 7.16. The summed E-state index contributed by atoms with van der Waals surface area (Å²) < 4.78 is 5.28. The minimum absolute atomic E-state index is 0.0496. The highest BCUT2D eigenvalue weighted by Crippen LogP contribution is 2.21. The highest BCUT2D eigenvalue weighted by Gasteiger charge is 2.19. The van der Waals surface area contributed by atoms with Crippen LogP contribution in [-0.4, -0.2) is 85.2 Å². The Kier molecular flexibility index (Phi) is 5.68. The quantitative estimate of drug-likeness (QED) is 0.858. The van der Waals surface area contributed by atoms with Crippen LogP contribution >= 0.6 is 0 Å². The number of anilines is 3. The van der Waals surface area contributed by atoms with Gasteiger partial charge < -0.3 is 24.8 Å². The van der Waals surface area contributed by atoms with Gasteiger partial charge in [0.25, 0.3) is 5.91 Å². The first-order chi connectivity index (χ1) is 13.7. The Bertz CT molecular complexity index is 781. The number of nitrogens with zero attached hydrogens (tertiary/aromatic N) is 5. The molecule has 1 N–H and O–H groups in total. The van der Waals surface area contributed by atoms with Crippen LogP contribution in [0.15, 0.2) is 36.7 Å². The molecule has 2 aromatic rings. The lowest BCUT2D eigenvalue weighted by molar-refractivity contribution is 0.0302. The summed E-state index contributed by atoms with van der Waals surface area (Å²) in [5.41, 5.74) is 2.65. The molecule has 148 valence electrons. The van der Waals surface area contributed by atoms with Crippen molar-refractivity contribution in [3.8, 4) is 0 Å². The first-order valence-corrected chi connectivity index (χ1v) is 9.69. The average Bonchev–Trinajstić information content (AvgIpc) is 2.76. The molecule has 0 unspecified atom stereocenters. The Morgan fingerprint density at radius 3 is 2.25 bits per heavy atom. The molecule has 0 atom stereocenters. The number of aromatic nitrogens is 2. The fourth-order valence-electron chi connectivity index (χ4n) is 3.40. The zero-order valence-electron chi connectivity index (χ0n) is 16.2. The van der Waals surface area contributed by atoms with Crippen LogP contribution in [0.1, 0.15) is 10.4 Å². The van der Waals surface area contributed by atoms with E-state index in [4.69, 9.17) is 4.74 Å². The molecule has 28 heavy (non-hydrogen) atoms. The Balaban J connectivity index is 1.35. The average molecular weight is 382 g/mol. The molecule has 2 fully saturated rings. The van der Waals surface area contributed by atoms with Crippen molar-refractivity contribution in [3.05, 3.63) is 42.2 Å². The normalized spacial score (nSPS) is 18.2. The Hall–Kier alpha value is -2.71. The van der Waals surface area contributed by atoms with Crippen molar-refractivity contribution in [2.45, 2.75) is 0 Å². The fraction of sp³-hybridized carbons (Fsp3) is 0.450. The molecule has 0 aliphatic carbocycles. The van der Waals surface area contributed by atoms with Gasteiger partial charge in [-0.15, -0.1) is 0 Å². The lowest BCUT2D eigenvalue weighted by Crippen LogP contribution is -2.44.